The minimum absolute atomic E-state index is 0. The predicted molar refractivity (Wildman–Crippen MR) is 85.2 cm³/mol. The minimum atomic E-state index is -0.146. The van der Waals surface area contributed by atoms with E-state index in [0.29, 0.717) is 16.8 Å². The Kier molecular flexibility index (Phi) is 4.97. The molecule has 0 spiro atoms. The minimum Gasteiger partial charge on any atom is -0.336 e. The van der Waals surface area contributed by atoms with Gasteiger partial charge in [0.2, 0.25) is 5.91 Å². The Labute approximate surface area is 132 Å². The van der Waals surface area contributed by atoms with Gasteiger partial charge in [-0.2, -0.15) is 0 Å². The molecule has 1 fully saturated rings. The van der Waals surface area contributed by atoms with E-state index < -0.39 is 0 Å². The lowest BCUT2D eigenvalue weighted by atomic mass is 10.2. The van der Waals surface area contributed by atoms with Crippen LogP contribution >= 0.6 is 23.7 Å². The van der Waals surface area contributed by atoms with Crippen LogP contribution in [0.2, 0.25) is 0 Å². The van der Waals surface area contributed by atoms with Gasteiger partial charge in [0, 0.05) is 25.7 Å². The summed E-state index contributed by atoms with van der Waals surface area (Å²) in [5.41, 5.74) is -0.146. The molecule has 21 heavy (non-hydrogen) atoms. The molecule has 1 amide bonds. The van der Waals surface area contributed by atoms with Gasteiger partial charge in [0.15, 0.2) is 0 Å². The number of carbonyl (C=O) groups is 1. The van der Waals surface area contributed by atoms with E-state index in [9.17, 15) is 9.59 Å². The molecule has 1 N–H and O–H groups in total. The van der Waals surface area contributed by atoms with Crippen molar-refractivity contribution in [1.82, 2.24) is 19.8 Å². The number of fused-ring (bicyclic) bond motifs is 1. The number of nitrogens with one attached hydrogen (secondary N) is 1. The number of nitrogens with zero attached hydrogens (tertiary/aromatic N) is 3. The van der Waals surface area contributed by atoms with Crippen LogP contribution in [0.1, 0.15) is 6.92 Å². The van der Waals surface area contributed by atoms with Gasteiger partial charge >= 0.3 is 0 Å². The van der Waals surface area contributed by atoms with E-state index in [-0.39, 0.29) is 36.5 Å². The van der Waals surface area contributed by atoms with Crippen molar-refractivity contribution >= 4 is 39.9 Å². The molecule has 114 valence electrons. The maximum atomic E-state index is 12.3. The van der Waals surface area contributed by atoms with E-state index in [1.54, 1.807) is 6.07 Å². The molecule has 2 aromatic heterocycles. The van der Waals surface area contributed by atoms with Gasteiger partial charge in [-0.3, -0.25) is 14.2 Å². The van der Waals surface area contributed by atoms with Crippen molar-refractivity contribution in [3.63, 3.8) is 0 Å². The normalized spacial score (nSPS) is 18.5. The summed E-state index contributed by atoms with van der Waals surface area (Å²) >= 11 is 1.43. The Balaban J connectivity index is 0.00000161. The smallest absolute Gasteiger partial charge is 0.262 e. The third-order valence-corrected chi connectivity index (χ3v) is 4.40. The van der Waals surface area contributed by atoms with Crippen LogP contribution in [0.15, 0.2) is 22.6 Å². The zero-order chi connectivity index (χ0) is 14.1. The lowest BCUT2D eigenvalue weighted by Gasteiger charge is -2.34. The fourth-order valence-corrected chi connectivity index (χ4v) is 3.18. The molecule has 0 radical (unpaired) electrons. The monoisotopic (exact) mass is 328 g/mol. The van der Waals surface area contributed by atoms with Crippen LogP contribution in [0.3, 0.4) is 0 Å². The molecule has 3 rings (SSSR count). The second-order valence-corrected chi connectivity index (χ2v) is 5.85. The van der Waals surface area contributed by atoms with Gasteiger partial charge in [-0.25, -0.2) is 4.98 Å². The quantitative estimate of drug-likeness (QED) is 0.881. The number of thiophene rings is 1. The average molecular weight is 329 g/mol. The number of piperazine rings is 1. The van der Waals surface area contributed by atoms with Gasteiger partial charge in [0.1, 0.15) is 11.4 Å². The van der Waals surface area contributed by atoms with Crippen molar-refractivity contribution < 1.29 is 4.79 Å². The van der Waals surface area contributed by atoms with E-state index in [1.165, 1.54) is 22.2 Å². The Morgan fingerprint density at radius 3 is 3.14 bits per heavy atom. The van der Waals surface area contributed by atoms with E-state index in [0.717, 1.165) is 13.1 Å². The second-order valence-electron chi connectivity index (χ2n) is 4.96. The molecule has 0 bridgehead atoms. The van der Waals surface area contributed by atoms with Crippen LogP contribution in [0.25, 0.3) is 10.2 Å². The number of aromatic nitrogens is 2. The molecule has 1 atom stereocenters. The van der Waals surface area contributed by atoms with Crippen LogP contribution in [0, 0.1) is 0 Å². The number of halogens is 1. The number of amides is 1. The molecule has 2 aromatic rings. The van der Waals surface area contributed by atoms with E-state index >= 15 is 0 Å². The van der Waals surface area contributed by atoms with Crippen LogP contribution in [-0.4, -0.2) is 46.0 Å². The Hall–Kier alpha value is -1.44. The average Bonchev–Trinajstić information content (AvgIpc) is 2.91. The molecule has 3 heterocycles. The van der Waals surface area contributed by atoms with Crippen molar-refractivity contribution in [2.45, 2.75) is 19.5 Å². The lowest BCUT2D eigenvalue weighted by Crippen LogP contribution is -2.53. The van der Waals surface area contributed by atoms with E-state index in [1.807, 2.05) is 17.2 Å². The van der Waals surface area contributed by atoms with Crippen LogP contribution in [0.5, 0.6) is 0 Å². The van der Waals surface area contributed by atoms with E-state index in [4.69, 9.17) is 0 Å². The van der Waals surface area contributed by atoms with Crippen molar-refractivity contribution in [2.75, 3.05) is 19.6 Å². The summed E-state index contributed by atoms with van der Waals surface area (Å²) in [7, 11) is 0. The Morgan fingerprint density at radius 1 is 1.57 bits per heavy atom. The first-order valence-corrected chi connectivity index (χ1v) is 7.47. The maximum Gasteiger partial charge on any atom is 0.262 e. The summed E-state index contributed by atoms with van der Waals surface area (Å²) < 4.78 is 1.39. The fourth-order valence-electron chi connectivity index (χ4n) is 2.45. The van der Waals surface area contributed by atoms with Gasteiger partial charge in [0.25, 0.3) is 5.56 Å². The molecule has 1 saturated heterocycles. The first-order valence-electron chi connectivity index (χ1n) is 6.59. The molecule has 1 aliphatic heterocycles. The second kappa shape index (κ2) is 6.55. The van der Waals surface area contributed by atoms with Crippen molar-refractivity contribution in [1.29, 1.82) is 0 Å². The predicted octanol–water partition coefficient (Wildman–Crippen LogP) is 0.700. The summed E-state index contributed by atoms with van der Waals surface area (Å²) in [6, 6.07) is 1.91. The van der Waals surface area contributed by atoms with Crippen LogP contribution in [-0.2, 0) is 11.3 Å². The molecule has 0 aromatic carbocycles. The fraction of sp³-hybridized carbons (Fsp3) is 0.462. The molecular formula is C13H17ClN4O2S. The molecule has 8 heteroatoms. The highest BCUT2D eigenvalue weighted by molar-refractivity contribution is 7.16. The number of rotatable bonds is 2. The standard InChI is InChI=1S/C13H16N4O2S.ClH/c1-9-6-14-3-4-17(9)11(18)7-16-8-15-12-10(13(16)19)2-5-20-12;/h2,5,8-9,14H,3-4,6-7H2,1H3;1H/t9-;/m1./s1. The number of carbonyl (C=O) groups excluding carboxylic acids is 1. The third-order valence-electron chi connectivity index (χ3n) is 3.58. The van der Waals surface area contributed by atoms with Crippen LogP contribution in [0.4, 0.5) is 0 Å². The zero-order valence-corrected chi connectivity index (χ0v) is 13.2. The van der Waals surface area contributed by atoms with Crippen molar-refractivity contribution in [3.8, 4) is 0 Å². The summed E-state index contributed by atoms with van der Waals surface area (Å²) in [6.07, 6.45) is 1.46. The van der Waals surface area contributed by atoms with Gasteiger partial charge < -0.3 is 10.2 Å². The van der Waals surface area contributed by atoms with Crippen molar-refractivity contribution in [2.24, 2.45) is 0 Å². The maximum absolute atomic E-state index is 12.3. The van der Waals surface area contributed by atoms with Gasteiger partial charge in [-0.15, -0.1) is 23.7 Å². The topological polar surface area (TPSA) is 67.2 Å². The molecule has 0 unspecified atom stereocenters. The highest BCUT2D eigenvalue weighted by Crippen LogP contribution is 2.13. The lowest BCUT2D eigenvalue weighted by molar-refractivity contribution is -0.134. The summed E-state index contributed by atoms with van der Waals surface area (Å²) in [4.78, 5) is 31.3. The van der Waals surface area contributed by atoms with Crippen molar-refractivity contribution in [3.05, 3.63) is 28.1 Å². The first-order chi connectivity index (χ1) is 9.66. The molecular weight excluding hydrogens is 312 g/mol. The van der Waals surface area contributed by atoms with Crippen LogP contribution < -0.4 is 10.9 Å². The molecule has 0 saturated carbocycles. The van der Waals surface area contributed by atoms with Gasteiger partial charge in [-0.05, 0) is 18.4 Å². The van der Waals surface area contributed by atoms with Gasteiger partial charge in [-0.1, -0.05) is 0 Å². The SMILES string of the molecule is C[C@@H]1CNCCN1C(=O)Cn1cnc2sccc2c1=O.Cl. The van der Waals surface area contributed by atoms with Gasteiger partial charge in [0.05, 0.1) is 11.7 Å². The van der Waals surface area contributed by atoms with E-state index in [2.05, 4.69) is 10.3 Å². The highest BCUT2D eigenvalue weighted by Gasteiger charge is 2.23. The summed E-state index contributed by atoms with van der Waals surface area (Å²) in [5, 5.41) is 5.66. The number of hydrogen-bond acceptors (Lipinski definition) is 5. The summed E-state index contributed by atoms with van der Waals surface area (Å²) in [5.74, 6) is -0.0301. The Morgan fingerprint density at radius 2 is 2.38 bits per heavy atom. The molecule has 6 nitrogen and oxygen atoms in total. The molecule has 0 aliphatic carbocycles. The summed E-state index contributed by atoms with van der Waals surface area (Å²) in [6.45, 7) is 4.34. The highest BCUT2D eigenvalue weighted by atomic mass is 35.5. The largest absolute Gasteiger partial charge is 0.336 e. The first kappa shape index (κ1) is 15.9. The Bertz CT molecular complexity index is 699. The zero-order valence-electron chi connectivity index (χ0n) is 11.6. The number of hydrogen-bond donors (Lipinski definition) is 1. The molecule has 1 aliphatic rings. The third kappa shape index (κ3) is 3.09.